The molecule has 128 heavy (non-hydrogen) atoms. The molecule has 16 atom stereocenters. The Bertz CT molecular complexity index is 4940. The molecule has 5 aromatic heterocycles. The summed E-state index contributed by atoms with van der Waals surface area (Å²) < 4.78 is 37.8. The van der Waals surface area contributed by atoms with Gasteiger partial charge < -0.3 is 89.3 Å². The highest BCUT2D eigenvalue weighted by Crippen LogP contribution is 2.41. The number of nitrogen functional groups attached to an aromatic ring is 2. The second-order valence-corrected chi connectivity index (χ2v) is 36.2. The van der Waals surface area contributed by atoms with Gasteiger partial charge in [-0.25, -0.2) is 39.4 Å². The maximum Gasteiger partial charge on any atom is 0.329 e. The summed E-state index contributed by atoms with van der Waals surface area (Å²) in [5, 5.41) is 57.7. The number of aliphatic hydroxyl groups is 4. The third-order valence-electron chi connectivity index (χ3n) is 27.1. The summed E-state index contributed by atoms with van der Waals surface area (Å²) in [5.74, 6) is -6.23. The maximum absolute atomic E-state index is 14.8. The van der Waals surface area contributed by atoms with Crippen LogP contribution < -0.4 is 21.3 Å². The summed E-state index contributed by atoms with van der Waals surface area (Å²) >= 11 is 0. The Balaban J connectivity index is 0.575. The van der Waals surface area contributed by atoms with E-state index in [9.17, 15) is 49.2 Å². The number of ether oxygens (including phenoxy) is 5. The first-order valence-electron chi connectivity index (χ1n) is 45.7. The van der Waals surface area contributed by atoms with E-state index in [1.54, 1.807) is 71.9 Å². The minimum Gasteiger partial charge on any atom is -0.460 e. The number of aryl methyl sites for hydroxylation is 1. The number of Topliss-reactive ketones (excluding diaryl/α,β-unsaturated/α-hetero) is 2. The van der Waals surface area contributed by atoms with Crippen molar-refractivity contribution in [3.8, 4) is 11.3 Å². The molecule has 35 nitrogen and oxygen atoms in total. The molecule has 6 aromatic rings. The highest BCUT2D eigenvalue weighted by atomic mass is 16.6. The van der Waals surface area contributed by atoms with Gasteiger partial charge in [-0.3, -0.25) is 28.9 Å². The molecule has 694 valence electrons. The van der Waals surface area contributed by atoms with Crippen molar-refractivity contribution in [1.29, 1.82) is 0 Å². The van der Waals surface area contributed by atoms with E-state index in [1.165, 1.54) is 18.3 Å². The van der Waals surface area contributed by atoms with Crippen molar-refractivity contribution < 1.29 is 82.1 Å². The number of likely N-dealkylation sites (tertiary alicyclic amines) is 1. The Kier molecular flexibility index (Phi) is 32.8. The van der Waals surface area contributed by atoms with E-state index >= 15 is 0 Å². The number of carbonyl (C=O) groups excluding carboxylic acids is 6. The number of esters is 1. The number of aromatic nitrogens is 9. The van der Waals surface area contributed by atoms with E-state index in [0.717, 1.165) is 42.8 Å². The molecule has 6 aliphatic heterocycles. The number of allylic oxidation sites excluding steroid dienone is 5. The molecule has 7 aliphatic rings. The van der Waals surface area contributed by atoms with Crippen LogP contribution in [0, 0.1) is 35.5 Å². The van der Waals surface area contributed by atoms with Crippen molar-refractivity contribution in [1.82, 2.24) is 64.3 Å². The minimum atomic E-state index is -2.47. The van der Waals surface area contributed by atoms with Gasteiger partial charge in [0.05, 0.1) is 53.2 Å². The zero-order valence-electron chi connectivity index (χ0n) is 75.6. The Morgan fingerprint density at radius 3 is 2.16 bits per heavy atom. The van der Waals surface area contributed by atoms with E-state index in [2.05, 4.69) is 61.7 Å². The number of methoxy groups -OCH3 is 3. The number of rotatable bonds is 21. The number of nitrogens with zero attached hydrogens (tertiary/aromatic N) is 16. The standard InChI is InChI=1S/C93H130N18O17/c1-56-17-12-11-13-18-57(2)75(122-8)48-69-26-21-62(7)93(121,128-69)84(117)88(119)110-32-15-14-19-71(110)89(120)126-76(59(4)45-63-23-27-72(113)77(46-63)123-9)49-73(114)58(3)44-61(6)82(116)83(124-10)80(60(5)43-56)104-125-54-68(112)25-22-64-50-96-91(97-51-64)109-41-39-106(40-42-109)78(115)20-16-31-105-35-37-108(38-36-105)92-98-52-66(53-99-92)87(118)107-33-29-67(30-34-107)111-86-79(85(94)100-55-101-86)81(103-111)65-24-28-74-70(47-65)102-90(95)127-74/h11-13,17-18,24,28,44,47,50-53,55-56,58-60,62-63,67,69,71-73,75-77,82-83,113-114,116,121H,14-16,19-23,25-27,29-43,45-46,48-49,54H2,1-10H3,(H2,95,102)(H2,94,100,101)/b13-11+,17-12+,57-18+,61-44+,104-80?/t56-,58-,59-,60-,62-,63+,69+,71+,72-,73-,75+,76+,77-,82-,83+,93-/m1/s1. The molecule has 11 heterocycles. The molecule has 1 saturated carbocycles. The Hall–Kier alpha value is -10.1. The van der Waals surface area contributed by atoms with Crippen LogP contribution >= 0.6 is 0 Å². The predicted molar refractivity (Wildman–Crippen MR) is 480 cm³/mol. The largest absolute Gasteiger partial charge is 0.460 e. The summed E-state index contributed by atoms with van der Waals surface area (Å²) in [6.07, 6.45) is 21.2. The molecular weight excluding hydrogens is 1640 g/mol. The molecule has 5 saturated heterocycles. The number of nitrogens with two attached hydrogens (primary N) is 2. The van der Waals surface area contributed by atoms with Gasteiger partial charge in [-0.2, -0.15) is 10.1 Å². The number of benzene rings is 1. The minimum absolute atomic E-state index is 0.0324. The number of oxime groups is 1. The first-order valence-corrected chi connectivity index (χ1v) is 45.7. The Morgan fingerprint density at radius 2 is 1.45 bits per heavy atom. The lowest BCUT2D eigenvalue weighted by molar-refractivity contribution is -0.265. The van der Waals surface area contributed by atoms with Gasteiger partial charge >= 0.3 is 5.97 Å². The summed E-state index contributed by atoms with van der Waals surface area (Å²) in [4.78, 5) is 134. The molecule has 1 aliphatic carbocycles. The quantitative estimate of drug-likeness (QED) is 0.0170. The number of anilines is 4. The van der Waals surface area contributed by atoms with Crippen molar-refractivity contribution in [2.24, 2.45) is 40.7 Å². The van der Waals surface area contributed by atoms with Crippen LogP contribution in [-0.4, -0.2) is 293 Å². The molecule has 6 fully saturated rings. The highest BCUT2D eigenvalue weighted by Gasteiger charge is 2.53. The first kappa shape index (κ1) is 95.5. The zero-order chi connectivity index (χ0) is 91.0. The molecule has 2 bridgehead atoms. The van der Waals surface area contributed by atoms with Crippen molar-refractivity contribution in [2.75, 3.05) is 128 Å². The van der Waals surface area contributed by atoms with Crippen LogP contribution in [0.1, 0.15) is 180 Å². The molecule has 1 aromatic carbocycles. The van der Waals surface area contributed by atoms with Crippen molar-refractivity contribution in [2.45, 2.75) is 231 Å². The third kappa shape index (κ3) is 23.4. The van der Waals surface area contributed by atoms with Crippen LogP contribution in [0.15, 0.2) is 106 Å². The number of fused-ring (bicyclic) bond motifs is 5. The number of ketones is 2. The molecule has 0 radical (unpaired) electrons. The number of piperidine rings is 2. The zero-order valence-corrected chi connectivity index (χ0v) is 75.6. The number of cyclic esters (lactones) is 1. The van der Waals surface area contributed by atoms with Gasteiger partial charge in [0.1, 0.15) is 47.7 Å². The molecular formula is C93H130N18O17. The van der Waals surface area contributed by atoms with Crippen molar-refractivity contribution >= 4 is 86.8 Å². The maximum atomic E-state index is 14.8. The van der Waals surface area contributed by atoms with Gasteiger partial charge in [-0.1, -0.05) is 76.2 Å². The van der Waals surface area contributed by atoms with Gasteiger partial charge in [0.25, 0.3) is 23.6 Å². The summed E-state index contributed by atoms with van der Waals surface area (Å²) in [6.45, 7) is 19.7. The van der Waals surface area contributed by atoms with Gasteiger partial charge in [0.15, 0.2) is 23.6 Å². The molecule has 8 N–H and O–H groups in total. The molecule has 35 heteroatoms. The number of amides is 3. The molecule has 0 spiro atoms. The van der Waals surface area contributed by atoms with Crippen LogP contribution in [0.25, 0.3) is 33.4 Å². The van der Waals surface area contributed by atoms with E-state index in [-0.39, 0.29) is 98.3 Å². The van der Waals surface area contributed by atoms with E-state index < -0.39 is 84.1 Å². The van der Waals surface area contributed by atoms with E-state index in [4.69, 9.17) is 49.5 Å². The number of carbonyl (C=O) groups is 6. The van der Waals surface area contributed by atoms with Gasteiger partial charge in [0.2, 0.25) is 23.6 Å². The SMILES string of the molecule is CO[C@H]1C[C@@H]2CC[C@@H](C)[C@@](O)(O2)C(=O)C(=O)N2CCCC[C@H]2C(=O)O[C@H]([C@H](C)C[C@@H]2CC[C@@H](O)[C@H](OC)C2)C[C@@H](O)[C@H](C)/C=C(\C)[C@@H](O)[C@@H](OC)C(=NOCC(=O)CCc2cnc(N3CCN(C(=O)CCCN4CCN(c5ncc(C(=O)N6CCC(n7nc(-c8ccc9oc(N)nc9c8)c8c(N)ncnc87)CC6)cn5)CC4)CC3)nc2)[C@H](C)C[C@H](C)/C=C/C=C/C=C/1C. The second kappa shape index (κ2) is 44.0. The molecule has 0 unspecified atom stereocenters. The molecule has 13 rings (SSSR count). The highest BCUT2D eigenvalue weighted by molar-refractivity contribution is 6.39. The summed E-state index contributed by atoms with van der Waals surface area (Å²) in [7, 11) is 4.62. The lowest BCUT2D eigenvalue weighted by atomic mass is 9.78. The smallest absolute Gasteiger partial charge is 0.329 e. The van der Waals surface area contributed by atoms with E-state index in [0.29, 0.717) is 198 Å². The Morgan fingerprint density at radius 1 is 0.727 bits per heavy atom. The van der Waals surface area contributed by atoms with Crippen LogP contribution in [0.3, 0.4) is 0 Å². The first-order chi connectivity index (χ1) is 61.6. The predicted octanol–water partition coefficient (Wildman–Crippen LogP) is 8.40. The fraction of sp³-hybridized carbons (Fsp3) is 0.624. The van der Waals surface area contributed by atoms with Gasteiger partial charge in [-0.15, -0.1) is 0 Å². The fourth-order valence-electron chi connectivity index (χ4n) is 19.2. The lowest BCUT2D eigenvalue weighted by Crippen LogP contribution is -2.61. The lowest BCUT2D eigenvalue weighted by Gasteiger charge is -2.43. The van der Waals surface area contributed by atoms with Crippen LogP contribution in [0.2, 0.25) is 0 Å². The molecule has 3 amide bonds. The number of hydrogen-bond acceptors (Lipinski definition) is 31. The fourth-order valence-corrected chi connectivity index (χ4v) is 19.2. The second-order valence-electron chi connectivity index (χ2n) is 36.2. The van der Waals surface area contributed by atoms with Crippen LogP contribution in [0.5, 0.6) is 0 Å². The van der Waals surface area contributed by atoms with Gasteiger partial charge in [-0.05, 0) is 163 Å². The average molecular weight is 1770 g/mol. The average Bonchev–Trinajstić information content (AvgIpc) is 1.58. The monoisotopic (exact) mass is 1770 g/mol. The number of piperazine rings is 2. The van der Waals surface area contributed by atoms with Crippen LogP contribution in [0.4, 0.5) is 23.7 Å². The van der Waals surface area contributed by atoms with Crippen LogP contribution in [-0.2, 0) is 58.9 Å². The number of aliphatic hydroxyl groups excluding tert-OH is 3. The van der Waals surface area contributed by atoms with Crippen molar-refractivity contribution in [3.05, 3.63) is 108 Å². The number of hydrogen-bond donors (Lipinski definition) is 6. The Labute approximate surface area is 748 Å². The van der Waals surface area contributed by atoms with Gasteiger partial charge in [0, 0.05) is 167 Å². The summed E-state index contributed by atoms with van der Waals surface area (Å²) in [6, 6.07) is 4.39. The normalized spacial score (nSPS) is 29.7. The summed E-state index contributed by atoms with van der Waals surface area (Å²) in [5.41, 5.74) is 18.2. The third-order valence-corrected chi connectivity index (χ3v) is 27.1. The topological polar surface area (TPSA) is 444 Å². The number of oxazole rings is 1. The van der Waals surface area contributed by atoms with Crippen molar-refractivity contribution in [3.63, 3.8) is 0 Å². The van der Waals surface area contributed by atoms with E-state index in [1.807, 2.05) is 77.8 Å².